The molecule has 4 rings (SSSR count). The lowest BCUT2D eigenvalue weighted by Gasteiger charge is -2.43. The van der Waals surface area contributed by atoms with Gasteiger partial charge in [-0.15, -0.1) is 0 Å². The number of nitrogens with one attached hydrogen (secondary N) is 2. The molecule has 2 aromatic rings. The molecule has 3 heterocycles. The number of aliphatic carboxylic acids is 1. The van der Waals surface area contributed by atoms with Crippen molar-refractivity contribution in [1.29, 1.82) is 0 Å². The number of halogens is 3. The van der Waals surface area contributed by atoms with Gasteiger partial charge in [0.1, 0.15) is 11.7 Å². The smallest absolute Gasteiger partial charge is 0.475 e. The molecule has 33 heavy (non-hydrogen) atoms. The van der Waals surface area contributed by atoms with Gasteiger partial charge < -0.3 is 15.7 Å². The second-order valence-electron chi connectivity index (χ2n) is 8.34. The molecule has 3 atom stereocenters. The fourth-order valence-corrected chi connectivity index (χ4v) is 4.79. The third-order valence-corrected chi connectivity index (χ3v) is 6.39. The van der Waals surface area contributed by atoms with E-state index in [2.05, 4.69) is 34.7 Å². The van der Waals surface area contributed by atoms with E-state index in [0.717, 1.165) is 23.3 Å². The second kappa shape index (κ2) is 10.3. The summed E-state index contributed by atoms with van der Waals surface area (Å²) in [6.07, 6.45) is 1.99. The van der Waals surface area contributed by atoms with E-state index < -0.39 is 12.1 Å². The first-order valence-electron chi connectivity index (χ1n) is 10.8. The van der Waals surface area contributed by atoms with Gasteiger partial charge in [-0.05, 0) is 31.2 Å². The van der Waals surface area contributed by atoms with Gasteiger partial charge in [-0.3, -0.25) is 14.3 Å². The SMILES string of the molecule is CC1CCC[N+]1(c1ccc(NC(=O)c2cccnc2)cc1)C1CCNC1.O=C(O)C(F)(F)F. The number of hydrogen-bond donors (Lipinski definition) is 3. The molecule has 2 aliphatic rings. The average molecular weight is 465 g/mol. The van der Waals surface area contributed by atoms with Crippen molar-refractivity contribution in [2.24, 2.45) is 0 Å². The predicted molar refractivity (Wildman–Crippen MR) is 119 cm³/mol. The molecule has 10 heteroatoms. The molecule has 1 amide bonds. The summed E-state index contributed by atoms with van der Waals surface area (Å²) in [5.41, 5.74) is 2.78. The summed E-state index contributed by atoms with van der Waals surface area (Å²) in [6, 6.07) is 13.3. The highest BCUT2D eigenvalue weighted by Crippen LogP contribution is 2.39. The van der Waals surface area contributed by atoms with Gasteiger partial charge in [-0.1, -0.05) is 0 Å². The van der Waals surface area contributed by atoms with Gasteiger partial charge >= 0.3 is 12.1 Å². The summed E-state index contributed by atoms with van der Waals surface area (Å²) < 4.78 is 32.8. The first-order chi connectivity index (χ1) is 15.6. The number of quaternary nitrogens is 1. The molecule has 0 aliphatic carbocycles. The van der Waals surface area contributed by atoms with Crippen molar-refractivity contribution in [2.45, 2.75) is 44.4 Å². The number of amides is 1. The zero-order valence-corrected chi connectivity index (χ0v) is 18.3. The van der Waals surface area contributed by atoms with E-state index in [1.54, 1.807) is 24.5 Å². The van der Waals surface area contributed by atoms with E-state index in [9.17, 15) is 18.0 Å². The molecule has 2 saturated heterocycles. The maximum absolute atomic E-state index is 12.3. The van der Waals surface area contributed by atoms with Crippen LogP contribution in [-0.4, -0.2) is 59.9 Å². The Morgan fingerprint density at radius 1 is 1.18 bits per heavy atom. The van der Waals surface area contributed by atoms with Crippen LogP contribution in [0.5, 0.6) is 0 Å². The number of rotatable bonds is 4. The lowest BCUT2D eigenvalue weighted by atomic mass is 10.1. The van der Waals surface area contributed by atoms with Crippen molar-refractivity contribution < 1.29 is 27.9 Å². The van der Waals surface area contributed by atoms with Crippen molar-refractivity contribution in [3.05, 3.63) is 54.4 Å². The van der Waals surface area contributed by atoms with Gasteiger partial charge in [0.25, 0.3) is 5.91 Å². The van der Waals surface area contributed by atoms with Crippen LogP contribution in [0.15, 0.2) is 48.8 Å². The number of aromatic nitrogens is 1. The molecule has 0 radical (unpaired) electrons. The first-order valence-corrected chi connectivity index (χ1v) is 10.8. The van der Waals surface area contributed by atoms with Gasteiger partial charge in [0.05, 0.1) is 18.2 Å². The summed E-state index contributed by atoms with van der Waals surface area (Å²) in [4.78, 5) is 25.2. The van der Waals surface area contributed by atoms with E-state index >= 15 is 0 Å². The third-order valence-electron chi connectivity index (χ3n) is 6.39. The molecule has 3 unspecified atom stereocenters. The quantitative estimate of drug-likeness (QED) is 0.598. The van der Waals surface area contributed by atoms with Crippen molar-refractivity contribution in [2.75, 3.05) is 25.0 Å². The van der Waals surface area contributed by atoms with Crippen molar-refractivity contribution in [3.63, 3.8) is 0 Å². The Bertz CT molecular complexity index is 948. The van der Waals surface area contributed by atoms with Crippen LogP contribution in [0.25, 0.3) is 0 Å². The average Bonchev–Trinajstić information content (AvgIpc) is 3.45. The number of carbonyl (C=O) groups is 2. The summed E-state index contributed by atoms with van der Waals surface area (Å²) in [5, 5.41) is 13.6. The number of anilines is 1. The minimum Gasteiger partial charge on any atom is -0.475 e. The van der Waals surface area contributed by atoms with Gasteiger partial charge in [-0.2, -0.15) is 13.2 Å². The fourth-order valence-electron chi connectivity index (χ4n) is 4.79. The maximum Gasteiger partial charge on any atom is 0.490 e. The van der Waals surface area contributed by atoms with Crippen molar-refractivity contribution >= 4 is 23.3 Å². The molecule has 0 saturated carbocycles. The van der Waals surface area contributed by atoms with Gasteiger partial charge in [0, 0.05) is 62.6 Å². The molecule has 3 N–H and O–H groups in total. The van der Waals surface area contributed by atoms with Gasteiger partial charge in [-0.25, -0.2) is 4.79 Å². The van der Waals surface area contributed by atoms with E-state index in [1.165, 1.54) is 31.5 Å². The molecule has 2 aliphatic heterocycles. The number of likely N-dealkylation sites (tertiary alicyclic amines) is 1. The van der Waals surface area contributed by atoms with E-state index in [1.807, 2.05) is 12.1 Å². The lowest BCUT2D eigenvalue weighted by molar-refractivity contribution is -0.192. The summed E-state index contributed by atoms with van der Waals surface area (Å²) in [5.74, 6) is -2.88. The molecule has 1 aromatic heterocycles. The monoisotopic (exact) mass is 465 g/mol. The Morgan fingerprint density at radius 2 is 1.88 bits per heavy atom. The number of alkyl halides is 3. The highest BCUT2D eigenvalue weighted by atomic mass is 19.4. The van der Waals surface area contributed by atoms with E-state index in [-0.39, 0.29) is 5.91 Å². The normalized spacial score (nSPS) is 24.6. The summed E-state index contributed by atoms with van der Waals surface area (Å²) in [6.45, 7) is 5.83. The third kappa shape index (κ3) is 5.69. The molecule has 1 aromatic carbocycles. The Hall–Kier alpha value is -2.98. The fraction of sp³-hybridized carbons (Fsp3) is 0.435. The minimum atomic E-state index is -5.08. The number of pyridine rings is 1. The standard InChI is InChI=1S/C21H26N4O.C2HF3O2/c1-16-4-3-13-25(16,20-10-12-23-15-20)19-8-6-18(7-9-19)24-21(26)17-5-2-11-22-14-17;3-2(4,5)1(6)7/h2,5-9,11,14,16,20,23H,3-4,10,12-13,15H2,1H3;(H,6,7)/p+1. The van der Waals surface area contributed by atoms with Crippen LogP contribution in [0.1, 0.15) is 36.5 Å². The molecular weight excluding hydrogens is 437 g/mol. The number of carboxylic acids is 1. The van der Waals surface area contributed by atoms with E-state index in [4.69, 9.17) is 9.90 Å². The molecule has 0 bridgehead atoms. The molecule has 178 valence electrons. The van der Waals surface area contributed by atoms with Crippen LogP contribution >= 0.6 is 0 Å². The number of carboxylic acid groups (broad SMARTS) is 1. The number of benzene rings is 1. The van der Waals surface area contributed by atoms with Crippen LogP contribution in [0, 0.1) is 0 Å². The van der Waals surface area contributed by atoms with Crippen LogP contribution in [0.3, 0.4) is 0 Å². The number of carbonyl (C=O) groups excluding carboxylic acids is 1. The Morgan fingerprint density at radius 3 is 2.36 bits per heavy atom. The van der Waals surface area contributed by atoms with Crippen molar-refractivity contribution in [1.82, 2.24) is 14.8 Å². The highest BCUT2D eigenvalue weighted by molar-refractivity contribution is 6.04. The number of hydrogen-bond acceptors (Lipinski definition) is 4. The lowest BCUT2D eigenvalue weighted by Crippen LogP contribution is -2.59. The van der Waals surface area contributed by atoms with E-state index in [0.29, 0.717) is 17.6 Å². The zero-order valence-electron chi connectivity index (χ0n) is 18.3. The largest absolute Gasteiger partial charge is 0.490 e. The Labute approximate surface area is 190 Å². The van der Waals surface area contributed by atoms with Gasteiger partial charge in [0.2, 0.25) is 0 Å². The molecule has 0 spiro atoms. The first kappa shape index (κ1) is 24.7. The Kier molecular flexibility index (Phi) is 7.70. The molecular formula is C23H28F3N4O3+. The van der Waals surface area contributed by atoms with Crippen LogP contribution in [0.4, 0.5) is 24.5 Å². The van der Waals surface area contributed by atoms with Crippen LogP contribution < -0.4 is 15.1 Å². The highest BCUT2D eigenvalue weighted by Gasteiger charge is 2.47. The maximum atomic E-state index is 12.3. The van der Waals surface area contributed by atoms with Crippen LogP contribution in [-0.2, 0) is 4.79 Å². The second-order valence-corrected chi connectivity index (χ2v) is 8.34. The summed E-state index contributed by atoms with van der Waals surface area (Å²) in [7, 11) is 0. The van der Waals surface area contributed by atoms with Gasteiger partial charge in [0.15, 0.2) is 0 Å². The van der Waals surface area contributed by atoms with Crippen LogP contribution in [0.2, 0.25) is 0 Å². The zero-order chi connectivity index (χ0) is 24.1. The summed E-state index contributed by atoms with van der Waals surface area (Å²) >= 11 is 0. The Balaban J connectivity index is 0.000000383. The topological polar surface area (TPSA) is 91.3 Å². The predicted octanol–water partition coefficient (Wildman–Crippen LogP) is 3.82. The minimum absolute atomic E-state index is 0.121. The molecule has 2 fully saturated rings. The molecule has 7 nitrogen and oxygen atoms in total. The number of nitrogens with zero attached hydrogens (tertiary/aromatic N) is 2. The van der Waals surface area contributed by atoms with Crippen molar-refractivity contribution in [3.8, 4) is 0 Å².